The van der Waals surface area contributed by atoms with Crippen molar-refractivity contribution in [3.05, 3.63) is 118 Å². The number of aromatic nitrogens is 6. The Morgan fingerprint density at radius 1 is 0.980 bits per heavy atom. The molecule has 1 atom stereocenters. The molecule has 0 bridgehead atoms. The van der Waals surface area contributed by atoms with Crippen molar-refractivity contribution < 1.29 is 17.9 Å². The minimum Gasteiger partial charge on any atom is -0.497 e. The molecule has 10 nitrogen and oxygen atoms in total. The molecule has 0 aliphatic heterocycles. The van der Waals surface area contributed by atoms with Crippen molar-refractivity contribution in [1.29, 1.82) is 0 Å². The molecule has 50 heavy (non-hydrogen) atoms. The van der Waals surface area contributed by atoms with E-state index >= 15 is 0 Å². The lowest BCUT2D eigenvalue weighted by Gasteiger charge is -2.11. The van der Waals surface area contributed by atoms with Crippen LogP contribution in [0.1, 0.15) is 42.1 Å². The zero-order valence-electron chi connectivity index (χ0n) is 27.6. The zero-order chi connectivity index (χ0) is 35.3. The number of halogens is 3. The highest BCUT2D eigenvalue weighted by atomic mass is 32.2. The van der Waals surface area contributed by atoms with Gasteiger partial charge in [0, 0.05) is 41.3 Å². The van der Waals surface area contributed by atoms with E-state index in [1.807, 2.05) is 67.7 Å². The highest BCUT2D eigenvalue weighted by Crippen LogP contribution is 2.39. The second kappa shape index (κ2) is 15.3. The Kier molecular flexibility index (Phi) is 10.7. The number of alkyl halides is 3. The Balaban J connectivity index is 1.12. The molecule has 260 valence electrons. The summed E-state index contributed by atoms with van der Waals surface area (Å²) < 4.78 is 48.3. The van der Waals surface area contributed by atoms with Crippen LogP contribution in [0.2, 0.25) is 0 Å². The van der Waals surface area contributed by atoms with Crippen molar-refractivity contribution in [2.75, 3.05) is 7.11 Å². The first kappa shape index (κ1) is 34.9. The van der Waals surface area contributed by atoms with E-state index in [1.54, 1.807) is 30.1 Å². The van der Waals surface area contributed by atoms with Crippen molar-refractivity contribution in [2.24, 2.45) is 5.73 Å². The summed E-state index contributed by atoms with van der Waals surface area (Å²) in [6, 6.07) is 22.1. The van der Waals surface area contributed by atoms with E-state index in [1.165, 1.54) is 10.6 Å². The lowest BCUT2D eigenvalue weighted by molar-refractivity contribution is -0.0328. The molecule has 6 rings (SSSR count). The standard InChI is InChI=1S/C36H37F3N8O2S/c1-23(40)4-3-5-26-14-27(16-32(15-26)50-36(37,38)39)33-17-28-21-47(35(48)43-34(28)42-33)30-10-6-24(7-11-30)18-41-19-29-22-46(45-44-29)20-25-8-12-31(49-2)13-9-25/h6-17,21-23,41H,3-5,18-20,40H2,1-2H3,(H,42,43,48)/t23-/m0/s1. The van der Waals surface area contributed by atoms with Crippen molar-refractivity contribution in [1.82, 2.24) is 34.8 Å². The summed E-state index contributed by atoms with van der Waals surface area (Å²) in [4.78, 5) is 20.5. The topological polar surface area (TPSA) is 129 Å². The molecule has 0 spiro atoms. The molecule has 0 amide bonds. The number of aryl methyl sites for hydroxylation is 1. The van der Waals surface area contributed by atoms with E-state index in [2.05, 4.69) is 25.6 Å². The van der Waals surface area contributed by atoms with Crippen LogP contribution in [0, 0.1) is 0 Å². The molecule has 0 saturated heterocycles. The minimum absolute atomic E-state index is 0.0134. The lowest BCUT2D eigenvalue weighted by atomic mass is 10.0. The van der Waals surface area contributed by atoms with Crippen LogP contribution in [0.25, 0.3) is 28.0 Å². The summed E-state index contributed by atoms with van der Waals surface area (Å²) >= 11 is -0.144. The van der Waals surface area contributed by atoms with Crippen LogP contribution >= 0.6 is 11.8 Å². The molecule has 0 aliphatic rings. The van der Waals surface area contributed by atoms with E-state index in [-0.39, 0.29) is 22.7 Å². The van der Waals surface area contributed by atoms with Gasteiger partial charge in [0.15, 0.2) is 0 Å². The maximum atomic E-state index is 13.3. The number of ether oxygens (including phenoxy) is 1. The van der Waals surface area contributed by atoms with Crippen LogP contribution in [0.3, 0.4) is 0 Å². The molecule has 3 heterocycles. The maximum Gasteiger partial charge on any atom is 0.446 e. The van der Waals surface area contributed by atoms with Gasteiger partial charge in [0.05, 0.1) is 31.2 Å². The predicted molar refractivity (Wildman–Crippen MR) is 188 cm³/mol. The number of thioether (sulfide) groups is 1. The molecule has 3 aromatic heterocycles. The van der Waals surface area contributed by atoms with E-state index in [9.17, 15) is 18.0 Å². The normalized spacial score (nSPS) is 12.4. The second-order valence-corrected chi connectivity index (χ2v) is 13.3. The summed E-state index contributed by atoms with van der Waals surface area (Å²) in [7, 11) is 1.64. The zero-order valence-corrected chi connectivity index (χ0v) is 28.4. The van der Waals surface area contributed by atoms with Gasteiger partial charge >= 0.3 is 11.2 Å². The van der Waals surface area contributed by atoms with Gasteiger partial charge in [0.2, 0.25) is 0 Å². The molecule has 6 aromatic rings. The number of nitrogens with two attached hydrogens (primary N) is 1. The molecule has 4 N–H and O–H groups in total. The van der Waals surface area contributed by atoms with E-state index in [0.717, 1.165) is 41.0 Å². The first-order valence-corrected chi connectivity index (χ1v) is 16.9. The van der Waals surface area contributed by atoms with Gasteiger partial charge < -0.3 is 20.8 Å². The minimum atomic E-state index is -4.42. The van der Waals surface area contributed by atoms with Gasteiger partial charge in [-0.3, -0.25) is 4.57 Å². The van der Waals surface area contributed by atoms with Gasteiger partial charge in [-0.1, -0.05) is 29.5 Å². The smallest absolute Gasteiger partial charge is 0.446 e. The van der Waals surface area contributed by atoms with Crippen LogP contribution in [-0.2, 0) is 26.1 Å². The number of rotatable bonds is 14. The summed E-state index contributed by atoms with van der Waals surface area (Å²) in [5, 5.41) is 12.5. The van der Waals surface area contributed by atoms with E-state index in [0.29, 0.717) is 54.0 Å². The third-order valence-corrected chi connectivity index (χ3v) is 8.79. The number of nitrogens with zero attached hydrogens (tertiary/aromatic N) is 5. The van der Waals surface area contributed by atoms with Gasteiger partial charge in [0.25, 0.3) is 0 Å². The predicted octanol–water partition coefficient (Wildman–Crippen LogP) is 6.60. The molecule has 14 heteroatoms. The largest absolute Gasteiger partial charge is 0.497 e. The third-order valence-electron chi connectivity index (χ3n) is 8.08. The fraction of sp³-hybridized carbons (Fsp3) is 0.278. The molecule has 0 fully saturated rings. The highest BCUT2D eigenvalue weighted by molar-refractivity contribution is 8.00. The number of benzene rings is 3. The Labute approximate surface area is 290 Å². The van der Waals surface area contributed by atoms with Gasteiger partial charge in [-0.2, -0.15) is 18.2 Å². The number of H-pyrrole nitrogens is 1. The first-order chi connectivity index (χ1) is 24.0. The average molecular weight is 703 g/mol. The fourth-order valence-corrected chi connectivity index (χ4v) is 6.30. The summed E-state index contributed by atoms with van der Waals surface area (Å²) in [6.45, 7) is 3.63. The molecule has 0 saturated carbocycles. The quantitative estimate of drug-likeness (QED) is 0.108. The Morgan fingerprint density at radius 2 is 1.74 bits per heavy atom. The molecular formula is C36H37F3N8O2S. The van der Waals surface area contributed by atoms with Crippen molar-refractivity contribution in [3.8, 4) is 22.7 Å². The number of methoxy groups -OCH3 is 1. The fourth-order valence-electron chi connectivity index (χ4n) is 5.64. The van der Waals surface area contributed by atoms with Crippen LogP contribution in [0.5, 0.6) is 5.75 Å². The Hall–Kier alpha value is -4.92. The molecular weight excluding hydrogens is 666 g/mol. The van der Waals surface area contributed by atoms with Crippen molar-refractivity contribution in [3.63, 3.8) is 0 Å². The summed E-state index contributed by atoms with van der Waals surface area (Å²) in [5.74, 6) is 0.803. The number of hydrogen-bond donors (Lipinski definition) is 3. The van der Waals surface area contributed by atoms with Gasteiger partial charge in [-0.25, -0.2) is 9.48 Å². The second-order valence-electron chi connectivity index (χ2n) is 12.2. The Bertz CT molecular complexity index is 2110. The Morgan fingerprint density at radius 3 is 2.46 bits per heavy atom. The monoisotopic (exact) mass is 702 g/mol. The van der Waals surface area contributed by atoms with Gasteiger partial charge in [0.1, 0.15) is 11.4 Å². The number of nitrogens with one attached hydrogen (secondary N) is 2. The SMILES string of the molecule is COc1ccc(Cn2cc(CNCc3ccc(-n4cc5cc(-c6cc(CCC[C@H](C)N)cc(SC(F)(F)F)c6)[nH]c5nc4=O)cc3)nn2)cc1. The van der Waals surface area contributed by atoms with Crippen LogP contribution < -0.4 is 21.5 Å². The highest BCUT2D eigenvalue weighted by Gasteiger charge is 2.29. The molecule has 0 radical (unpaired) electrons. The van der Waals surface area contributed by atoms with Crippen molar-refractivity contribution >= 4 is 22.8 Å². The van der Waals surface area contributed by atoms with Crippen LogP contribution in [0.4, 0.5) is 13.2 Å². The summed E-state index contributed by atoms with van der Waals surface area (Å²) in [5.41, 5.74) is 6.83. The molecule has 3 aromatic carbocycles. The lowest BCUT2D eigenvalue weighted by Crippen LogP contribution is -2.20. The van der Waals surface area contributed by atoms with Crippen molar-refractivity contribution in [2.45, 2.75) is 62.3 Å². The van der Waals surface area contributed by atoms with E-state index in [4.69, 9.17) is 10.5 Å². The first-order valence-electron chi connectivity index (χ1n) is 16.1. The van der Waals surface area contributed by atoms with Crippen LogP contribution in [-0.4, -0.2) is 48.2 Å². The average Bonchev–Trinajstić information content (AvgIpc) is 3.70. The van der Waals surface area contributed by atoms with Gasteiger partial charge in [-0.15, -0.1) is 5.10 Å². The maximum absolute atomic E-state index is 13.3. The number of fused-ring (bicyclic) bond motifs is 1. The van der Waals surface area contributed by atoms with E-state index < -0.39 is 11.2 Å². The van der Waals surface area contributed by atoms with Gasteiger partial charge in [-0.05, 0) is 109 Å². The number of hydrogen-bond acceptors (Lipinski definition) is 8. The molecule has 0 aliphatic carbocycles. The van der Waals surface area contributed by atoms with Crippen LogP contribution in [0.15, 0.2) is 94.9 Å². The number of aromatic amines is 1. The third kappa shape index (κ3) is 9.20. The summed E-state index contributed by atoms with van der Waals surface area (Å²) in [6.07, 6.45) is 5.72. The molecule has 0 unspecified atom stereocenters.